The van der Waals surface area contributed by atoms with E-state index in [1.54, 1.807) is 19.2 Å². The second-order valence-corrected chi connectivity index (χ2v) is 8.14. The molecule has 2 rings (SSSR count). The number of aryl methyl sites for hydroxylation is 2. The molecule has 0 spiro atoms. The normalized spacial score (nSPS) is 17.5. The Morgan fingerprint density at radius 1 is 1.22 bits per heavy atom. The Hall–Kier alpha value is -0.950. The van der Waals surface area contributed by atoms with Gasteiger partial charge in [0.25, 0.3) is 0 Å². The number of sulfonamides is 1. The van der Waals surface area contributed by atoms with Crippen LogP contribution in [-0.4, -0.2) is 53.2 Å². The molecular weight excluding hydrogens is 312 g/mol. The second kappa shape index (κ2) is 8.24. The van der Waals surface area contributed by atoms with Crippen molar-refractivity contribution in [3.63, 3.8) is 0 Å². The minimum atomic E-state index is -3.41. The molecule has 1 aliphatic rings. The van der Waals surface area contributed by atoms with Crippen LogP contribution in [0.3, 0.4) is 0 Å². The molecule has 6 heteroatoms. The number of hydrogen-bond donors (Lipinski definition) is 1. The molecule has 0 amide bonds. The van der Waals surface area contributed by atoms with Crippen LogP contribution < -0.4 is 4.72 Å². The molecule has 23 heavy (non-hydrogen) atoms. The van der Waals surface area contributed by atoms with Gasteiger partial charge in [-0.25, -0.2) is 13.1 Å². The number of methoxy groups -OCH3 is 1. The van der Waals surface area contributed by atoms with Gasteiger partial charge in [-0.05, 0) is 69.0 Å². The molecule has 5 nitrogen and oxygen atoms in total. The summed E-state index contributed by atoms with van der Waals surface area (Å²) in [5.74, 6) is 0.412. The molecule has 1 N–H and O–H groups in total. The van der Waals surface area contributed by atoms with Crippen molar-refractivity contribution in [2.75, 3.05) is 39.9 Å². The van der Waals surface area contributed by atoms with E-state index in [1.807, 2.05) is 19.9 Å². The molecule has 1 heterocycles. The molecule has 0 atom stereocenters. The maximum absolute atomic E-state index is 12.4. The first-order valence-electron chi connectivity index (χ1n) is 8.20. The van der Waals surface area contributed by atoms with Gasteiger partial charge in [-0.2, -0.15) is 0 Å². The maximum atomic E-state index is 12.4. The molecule has 1 aliphatic heterocycles. The van der Waals surface area contributed by atoms with Crippen LogP contribution in [0.1, 0.15) is 24.0 Å². The lowest BCUT2D eigenvalue weighted by molar-refractivity contribution is 0.121. The van der Waals surface area contributed by atoms with Gasteiger partial charge in [-0.15, -0.1) is 0 Å². The lowest BCUT2D eigenvalue weighted by Gasteiger charge is -2.31. The van der Waals surface area contributed by atoms with Crippen molar-refractivity contribution in [1.82, 2.24) is 9.62 Å². The first-order chi connectivity index (χ1) is 10.9. The maximum Gasteiger partial charge on any atom is 0.240 e. The van der Waals surface area contributed by atoms with Crippen molar-refractivity contribution in [3.05, 3.63) is 29.3 Å². The molecule has 130 valence electrons. The van der Waals surface area contributed by atoms with Crippen LogP contribution in [0.15, 0.2) is 23.1 Å². The topological polar surface area (TPSA) is 58.6 Å². The van der Waals surface area contributed by atoms with Crippen molar-refractivity contribution in [1.29, 1.82) is 0 Å². The molecule has 0 radical (unpaired) electrons. The zero-order chi connectivity index (χ0) is 16.9. The van der Waals surface area contributed by atoms with E-state index in [1.165, 1.54) is 0 Å². The molecule has 1 aromatic rings. The highest BCUT2D eigenvalue weighted by Crippen LogP contribution is 2.18. The summed E-state index contributed by atoms with van der Waals surface area (Å²) in [5, 5.41) is 0. The van der Waals surface area contributed by atoms with Gasteiger partial charge in [-0.1, -0.05) is 6.07 Å². The molecule has 0 aliphatic carbocycles. The summed E-state index contributed by atoms with van der Waals surface area (Å²) in [6, 6.07) is 5.28. The van der Waals surface area contributed by atoms with Crippen LogP contribution in [0.2, 0.25) is 0 Å². The smallest absolute Gasteiger partial charge is 0.240 e. The monoisotopic (exact) mass is 340 g/mol. The quantitative estimate of drug-likeness (QED) is 0.824. The number of likely N-dealkylation sites (tertiary alicyclic amines) is 1. The second-order valence-electron chi connectivity index (χ2n) is 6.38. The lowest BCUT2D eigenvalue weighted by atomic mass is 9.97. The van der Waals surface area contributed by atoms with E-state index in [-0.39, 0.29) is 0 Å². The van der Waals surface area contributed by atoms with Gasteiger partial charge in [0, 0.05) is 20.2 Å². The van der Waals surface area contributed by atoms with Crippen molar-refractivity contribution in [2.45, 2.75) is 31.6 Å². The average Bonchev–Trinajstić information content (AvgIpc) is 2.54. The number of rotatable bonds is 7. The van der Waals surface area contributed by atoms with E-state index in [4.69, 9.17) is 4.74 Å². The average molecular weight is 340 g/mol. The van der Waals surface area contributed by atoms with E-state index in [0.29, 0.717) is 17.4 Å². The zero-order valence-electron chi connectivity index (χ0n) is 14.3. The van der Waals surface area contributed by atoms with E-state index >= 15 is 0 Å². The molecule has 1 saturated heterocycles. The van der Waals surface area contributed by atoms with Crippen molar-refractivity contribution in [3.8, 4) is 0 Å². The fourth-order valence-electron chi connectivity index (χ4n) is 2.83. The Kier molecular flexibility index (Phi) is 6.59. The number of hydrogen-bond acceptors (Lipinski definition) is 4. The highest BCUT2D eigenvalue weighted by Gasteiger charge is 2.21. The van der Waals surface area contributed by atoms with Crippen LogP contribution in [-0.2, 0) is 14.8 Å². The number of ether oxygens (including phenoxy) is 1. The number of piperidine rings is 1. The van der Waals surface area contributed by atoms with E-state index in [0.717, 1.165) is 50.2 Å². The predicted molar refractivity (Wildman–Crippen MR) is 92.1 cm³/mol. The largest absolute Gasteiger partial charge is 0.383 e. The highest BCUT2D eigenvalue weighted by atomic mass is 32.2. The van der Waals surface area contributed by atoms with Crippen LogP contribution in [0, 0.1) is 19.8 Å². The molecular formula is C17H28N2O3S. The van der Waals surface area contributed by atoms with Crippen LogP contribution in [0.5, 0.6) is 0 Å². The highest BCUT2D eigenvalue weighted by molar-refractivity contribution is 7.89. The van der Waals surface area contributed by atoms with Crippen molar-refractivity contribution < 1.29 is 13.2 Å². The number of benzene rings is 1. The van der Waals surface area contributed by atoms with Gasteiger partial charge in [0.2, 0.25) is 10.0 Å². The van der Waals surface area contributed by atoms with Gasteiger partial charge < -0.3 is 9.64 Å². The minimum Gasteiger partial charge on any atom is -0.383 e. The first-order valence-corrected chi connectivity index (χ1v) is 9.69. The summed E-state index contributed by atoms with van der Waals surface area (Å²) < 4.78 is 32.7. The van der Waals surface area contributed by atoms with Crippen LogP contribution in [0.25, 0.3) is 0 Å². The molecule has 0 saturated carbocycles. The zero-order valence-corrected chi connectivity index (χ0v) is 15.2. The predicted octanol–water partition coefficient (Wildman–Crippen LogP) is 1.94. The Morgan fingerprint density at radius 2 is 1.91 bits per heavy atom. The van der Waals surface area contributed by atoms with E-state index in [2.05, 4.69) is 9.62 Å². The summed E-state index contributed by atoms with van der Waals surface area (Å²) in [6.07, 6.45) is 2.05. The van der Waals surface area contributed by atoms with Crippen LogP contribution in [0.4, 0.5) is 0 Å². The van der Waals surface area contributed by atoms with Gasteiger partial charge in [0.15, 0.2) is 0 Å². The summed E-state index contributed by atoms with van der Waals surface area (Å²) in [6.45, 7) is 8.18. The fraction of sp³-hybridized carbons (Fsp3) is 0.647. The summed E-state index contributed by atoms with van der Waals surface area (Å²) in [4.78, 5) is 2.73. The summed E-state index contributed by atoms with van der Waals surface area (Å²) in [5.41, 5.74) is 2.10. The summed E-state index contributed by atoms with van der Waals surface area (Å²) in [7, 11) is -1.69. The van der Waals surface area contributed by atoms with Crippen molar-refractivity contribution in [2.24, 2.45) is 5.92 Å². The van der Waals surface area contributed by atoms with Gasteiger partial charge in [0.05, 0.1) is 11.5 Å². The number of nitrogens with one attached hydrogen (secondary N) is 1. The Balaban J connectivity index is 1.84. The van der Waals surface area contributed by atoms with Gasteiger partial charge >= 0.3 is 0 Å². The third kappa shape index (κ3) is 5.28. The molecule has 1 fully saturated rings. The third-order valence-corrected chi connectivity index (χ3v) is 6.09. The molecule has 0 aromatic heterocycles. The Morgan fingerprint density at radius 3 is 2.52 bits per heavy atom. The standard InChI is InChI=1S/C17H28N2O3S/c1-14-4-5-17(12-15(14)2)23(20,21)18-13-16-6-8-19(9-7-16)10-11-22-3/h4-5,12,16,18H,6-11,13H2,1-3H3. The Labute approximate surface area is 140 Å². The summed E-state index contributed by atoms with van der Waals surface area (Å²) >= 11 is 0. The molecule has 1 aromatic carbocycles. The van der Waals surface area contributed by atoms with Crippen molar-refractivity contribution >= 4 is 10.0 Å². The fourth-order valence-corrected chi connectivity index (χ4v) is 4.03. The third-order valence-electron chi connectivity index (χ3n) is 4.67. The van der Waals surface area contributed by atoms with E-state index < -0.39 is 10.0 Å². The minimum absolute atomic E-state index is 0.359. The number of nitrogens with zero attached hydrogens (tertiary/aromatic N) is 1. The Bertz CT molecular complexity index is 608. The molecule has 0 unspecified atom stereocenters. The van der Waals surface area contributed by atoms with Gasteiger partial charge in [-0.3, -0.25) is 0 Å². The van der Waals surface area contributed by atoms with Crippen LogP contribution >= 0.6 is 0 Å². The lowest BCUT2D eigenvalue weighted by Crippen LogP contribution is -2.39. The SMILES string of the molecule is COCCN1CCC(CNS(=O)(=O)c2ccc(C)c(C)c2)CC1. The first kappa shape index (κ1) is 18.4. The van der Waals surface area contributed by atoms with Gasteiger partial charge in [0.1, 0.15) is 0 Å². The molecule has 0 bridgehead atoms. The van der Waals surface area contributed by atoms with E-state index in [9.17, 15) is 8.42 Å².